The molecule has 3 aromatic heterocycles. The summed E-state index contributed by atoms with van der Waals surface area (Å²) < 4.78 is 3.69. The molecule has 1 aromatic carbocycles. The summed E-state index contributed by atoms with van der Waals surface area (Å²) in [6.45, 7) is 2.84. The highest BCUT2D eigenvalue weighted by molar-refractivity contribution is 6.30. The second kappa shape index (κ2) is 9.22. The summed E-state index contributed by atoms with van der Waals surface area (Å²) in [5.41, 5.74) is 3.49. The fourth-order valence-corrected chi connectivity index (χ4v) is 5.79. The van der Waals surface area contributed by atoms with Crippen molar-refractivity contribution in [1.29, 1.82) is 5.26 Å². The molecule has 1 amide bonds. The van der Waals surface area contributed by atoms with Crippen molar-refractivity contribution in [1.82, 2.24) is 29.5 Å². The third-order valence-electron chi connectivity index (χ3n) is 8.05. The molecule has 2 N–H and O–H groups in total. The molecule has 0 aliphatic heterocycles. The molecular formula is C28H29ClN8O. The van der Waals surface area contributed by atoms with E-state index in [0.29, 0.717) is 40.9 Å². The fourth-order valence-electron chi connectivity index (χ4n) is 5.61. The molecule has 2 aliphatic rings. The van der Waals surface area contributed by atoms with Crippen LogP contribution in [0.15, 0.2) is 49.1 Å². The van der Waals surface area contributed by atoms with Crippen LogP contribution in [0, 0.1) is 17.2 Å². The molecule has 0 spiro atoms. The van der Waals surface area contributed by atoms with E-state index < -0.39 is 0 Å². The fraction of sp³-hybridized carbons (Fsp3) is 0.393. The number of rotatable bonds is 8. The van der Waals surface area contributed by atoms with Crippen LogP contribution in [0.1, 0.15) is 66.3 Å². The number of aromatic nitrogens is 5. The minimum atomic E-state index is -0.345. The zero-order valence-electron chi connectivity index (χ0n) is 21.4. The molecule has 2 aliphatic carbocycles. The molecule has 0 unspecified atom stereocenters. The van der Waals surface area contributed by atoms with E-state index in [1.165, 1.54) is 0 Å². The van der Waals surface area contributed by atoms with Crippen molar-refractivity contribution >= 4 is 28.8 Å². The van der Waals surface area contributed by atoms with Gasteiger partial charge in [0.1, 0.15) is 17.3 Å². The number of pyridine rings is 1. The summed E-state index contributed by atoms with van der Waals surface area (Å²) in [5, 5.41) is 24.8. The first-order valence-electron chi connectivity index (χ1n) is 12.8. The standard InChI is InChI=1S/C28H29ClN8O/c1-27(7-8-27)32-14-19-10-22(24-31-15-23(29)37(24)16-19)25(38)34-21-5-3-4-20(11-21)28(12-18(13-28)6-9-30)26-35-33-17-36(26)2/h3-5,10-11,15-18,32H,6-8,12-14H2,1-2H3,(H,34,38)/t18-,28+. The predicted molar refractivity (Wildman–Crippen MR) is 144 cm³/mol. The van der Waals surface area contributed by atoms with Gasteiger partial charge in [0, 0.05) is 37.4 Å². The molecule has 3 heterocycles. The van der Waals surface area contributed by atoms with Crippen molar-refractivity contribution in [3.05, 3.63) is 76.7 Å². The van der Waals surface area contributed by atoms with Gasteiger partial charge in [-0.05, 0) is 67.9 Å². The number of hydrogen-bond acceptors (Lipinski definition) is 6. The number of imidazole rings is 1. The second-order valence-electron chi connectivity index (χ2n) is 11.0. The Morgan fingerprint density at radius 1 is 1.29 bits per heavy atom. The number of benzene rings is 1. The number of aryl methyl sites for hydroxylation is 1. The molecular weight excluding hydrogens is 500 g/mol. The van der Waals surface area contributed by atoms with Crippen LogP contribution in [-0.4, -0.2) is 35.6 Å². The van der Waals surface area contributed by atoms with Gasteiger partial charge in [-0.3, -0.25) is 9.20 Å². The normalized spacial score (nSPS) is 21.6. The van der Waals surface area contributed by atoms with E-state index in [2.05, 4.69) is 44.9 Å². The Labute approximate surface area is 225 Å². The van der Waals surface area contributed by atoms with Gasteiger partial charge in [0.25, 0.3) is 5.91 Å². The minimum absolute atomic E-state index is 0.170. The molecule has 4 aromatic rings. The first-order valence-corrected chi connectivity index (χ1v) is 13.2. The third kappa shape index (κ3) is 4.34. The third-order valence-corrected chi connectivity index (χ3v) is 8.33. The van der Waals surface area contributed by atoms with Gasteiger partial charge in [0.15, 0.2) is 5.65 Å². The van der Waals surface area contributed by atoms with Crippen molar-refractivity contribution in [2.45, 2.75) is 56.5 Å². The number of fused-ring (bicyclic) bond motifs is 1. The summed E-state index contributed by atoms with van der Waals surface area (Å²) in [4.78, 5) is 18.0. The topological polar surface area (TPSA) is 113 Å². The zero-order chi connectivity index (χ0) is 26.5. The summed E-state index contributed by atoms with van der Waals surface area (Å²) in [5.74, 6) is 0.925. The number of anilines is 1. The minimum Gasteiger partial charge on any atom is -0.322 e. The molecule has 0 bridgehead atoms. The van der Waals surface area contributed by atoms with Crippen molar-refractivity contribution < 1.29 is 4.79 Å². The Hall–Kier alpha value is -3.74. The molecule has 38 heavy (non-hydrogen) atoms. The summed E-state index contributed by atoms with van der Waals surface area (Å²) >= 11 is 6.39. The lowest BCUT2D eigenvalue weighted by atomic mass is 9.57. The van der Waals surface area contributed by atoms with Crippen LogP contribution in [0.4, 0.5) is 5.69 Å². The zero-order valence-corrected chi connectivity index (χ0v) is 22.2. The highest BCUT2D eigenvalue weighted by Gasteiger charge is 2.49. The van der Waals surface area contributed by atoms with E-state index in [9.17, 15) is 10.1 Å². The molecule has 0 atom stereocenters. The average Bonchev–Trinajstić information content (AvgIpc) is 3.28. The Bertz CT molecular complexity index is 1570. The number of hydrogen-bond donors (Lipinski definition) is 2. The number of nitriles is 1. The largest absolute Gasteiger partial charge is 0.322 e. The van der Waals surface area contributed by atoms with Gasteiger partial charge < -0.3 is 15.2 Å². The van der Waals surface area contributed by atoms with Gasteiger partial charge in [-0.2, -0.15) is 5.26 Å². The second-order valence-corrected chi connectivity index (χ2v) is 11.4. The van der Waals surface area contributed by atoms with Gasteiger partial charge in [-0.15, -0.1) is 10.2 Å². The first kappa shape index (κ1) is 24.6. The molecule has 194 valence electrons. The number of halogens is 1. The van der Waals surface area contributed by atoms with Crippen LogP contribution in [0.2, 0.25) is 5.15 Å². The quantitative estimate of drug-likeness (QED) is 0.345. The van der Waals surface area contributed by atoms with Crippen LogP contribution in [-0.2, 0) is 19.0 Å². The highest BCUT2D eigenvalue weighted by Crippen LogP contribution is 2.53. The number of carbonyl (C=O) groups excluding carboxylic acids is 1. The lowest BCUT2D eigenvalue weighted by Gasteiger charge is -2.46. The number of amides is 1. The SMILES string of the molecule is Cn1cnnc1[C@]1(c2cccc(NC(=O)c3cc(CNC4(C)CC4)cn4c(Cl)cnc34)c2)C[C@H](CC#N)C1. The van der Waals surface area contributed by atoms with Crippen LogP contribution in [0.25, 0.3) is 5.65 Å². The average molecular weight is 529 g/mol. The van der Waals surface area contributed by atoms with Crippen molar-refractivity contribution in [2.75, 3.05) is 5.32 Å². The predicted octanol–water partition coefficient (Wildman–Crippen LogP) is 4.62. The number of nitrogens with one attached hydrogen (secondary N) is 2. The Balaban J connectivity index is 1.30. The maximum Gasteiger partial charge on any atom is 0.259 e. The van der Waals surface area contributed by atoms with Gasteiger partial charge in [0.05, 0.1) is 23.2 Å². The lowest BCUT2D eigenvalue weighted by Crippen LogP contribution is -2.44. The molecule has 2 saturated carbocycles. The van der Waals surface area contributed by atoms with E-state index in [-0.39, 0.29) is 16.9 Å². The van der Waals surface area contributed by atoms with E-state index in [1.54, 1.807) is 16.9 Å². The van der Waals surface area contributed by atoms with Gasteiger partial charge in [-0.25, -0.2) is 4.98 Å². The Morgan fingerprint density at radius 2 is 2.11 bits per heavy atom. The van der Waals surface area contributed by atoms with Crippen molar-refractivity contribution in [2.24, 2.45) is 13.0 Å². The van der Waals surface area contributed by atoms with E-state index in [1.807, 2.05) is 42.1 Å². The maximum atomic E-state index is 13.6. The van der Waals surface area contributed by atoms with Gasteiger partial charge >= 0.3 is 0 Å². The molecule has 0 saturated heterocycles. The summed E-state index contributed by atoms with van der Waals surface area (Å²) in [6.07, 6.45) is 9.63. The van der Waals surface area contributed by atoms with E-state index >= 15 is 0 Å². The van der Waals surface area contributed by atoms with Crippen molar-refractivity contribution in [3.8, 4) is 6.07 Å². The van der Waals surface area contributed by atoms with Gasteiger partial charge in [-0.1, -0.05) is 23.7 Å². The van der Waals surface area contributed by atoms with Crippen LogP contribution < -0.4 is 10.6 Å². The van der Waals surface area contributed by atoms with Crippen LogP contribution >= 0.6 is 11.6 Å². The monoisotopic (exact) mass is 528 g/mol. The molecule has 2 fully saturated rings. The molecule has 6 rings (SSSR count). The van der Waals surface area contributed by atoms with E-state index in [4.69, 9.17) is 11.6 Å². The number of nitrogens with zero attached hydrogens (tertiary/aromatic N) is 6. The molecule has 0 radical (unpaired) electrons. The Morgan fingerprint density at radius 3 is 2.82 bits per heavy atom. The van der Waals surface area contributed by atoms with E-state index in [0.717, 1.165) is 42.6 Å². The first-order chi connectivity index (χ1) is 18.3. The summed E-state index contributed by atoms with van der Waals surface area (Å²) in [7, 11) is 1.94. The van der Waals surface area contributed by atoms with Gasteiger partial charge in [0.2, 0.25) is 0 Å². The Kier molecular flexibility index (Phi) is 5.97. The van der Waals surface area contributed by atoms with Crippen LogP contribution in [0.3, 0.4) is 0 Å². The van der Waals surface area contributed by atoms with Crippen molar-refractivity contribution in [3.63, 3.8) is 0 Å². The molecule has 9 nitrogen and oxygen atoms in total. The smallest absolute Gasteiger partial charge is 0.259 e. The number of carbonyl (C=O) groups is 1. The maximum absolute atomic E-state index is 13.6. The summed E-state index contributed by atoms with van der Waals surface area (Å²) in [6, 6.07) is 12.1. The molecule has 10 heteroatoms. The lowest BCUT2D eigenvalue weighted by molar-refractivity contribution is 0.102. The van der Waals surface area contributed by atoms with Crippen LogP contribution in [0.5, 0.6) is 0 Å². The highest BCUT2D eigenvalue weighted by atomic mass is 35.5.